The van der Waals surface area contributed by atoms with Crippen LogP contribution in [-0.2, 0) is 26.2 Å². The molecule has 1 saturated heterocycles. The standard InChI is InChI=1S/C15H19Si.C5H5.2ClH.Zr/c1-2-10-16(11-5-12-16)15-9-8-13-6-3-4-7-14(13)15;1-2-4-5-3-1;;;/h3-4,6-9H,2,5,10-12H2,1H3;1-3H,4H2;2*1H;/q2*-1;;;+4/p-2. The van der Waals surface area contributed by atoms with E-state index in [2.05, 4.69) is 55.5 Å². The number of allylic oxidation sites excluding steroid dienone is 4. The van der Waals surface area contributed by atoms with Crippen molar-refractivity contribution in [3.63, 3.8) is 0 Å². The summed E-state index contributed by atoms with van der Waals surface area (Å²) in [6.07, 6.45) is 12.8. The minimum absolute atomic E-state index is 0. The number of hydrogen-bond acceptors (Lipinski definition) is 0. The van der Waals surface area contributed by atoms with Crippen LogP contribution in [0.2, 0.25) is 18.1 Å². The maximum Gasteiger partial charge on any atom is 4.00 e. The Morgan fingerprint density at radius 2 is 1.88 bits per heavy atom. The zero-order chi connectivity index (χ0) is 14.5. The minimum Gasteiger partial charge on any atom is -1.00 e. The largest absolute Gasteiger partial charge is 4.00 e. The molecule has 0 radical (unpaired) electrons. The van der Waals surface area contributed by atoms with Gasteiger partial charge in [0.2, 0.25) is 0 Å². The van der Waals surface area contributed by atoms with E-state index in [4.69, 9.17) is 0 Å². The molecule has 1 aliphatic heterocycles. The normalized spacial score (nSPS) is 16.0. The Morgan fingerprint density at radius 1 is 1.12 bits per heavy atom. The molecule has 2 aliphatic rings. The van der Waals surface area contributed by atoms with E-state index in [1.165, 1.54) is 36.4 Å². The predicted molar refractivity (Wildman–Crippen MR) is 95.8 cm³/mol. The van der Waals surface area contributed by atoms with Crippen LogP contribution in [0.25, 0.3) is 10.8 Å². The van der Waals surface area contributed by atoms with Crippen molar-refractivity contribution >= 4 is 24.0 Å². The van der Waals surface area contributed by atoms with E-state index < -0.39 is 8.07 Å². The molecule has 24 heavy (non-hydrogen) atoms. The average Bonchev–Trinajstić information content (AvgIpc) is 3.15. The molecule has 0 aromatic heterocycles. The number of hydrogen-bond donors (Lipinski definition) is 0. The molecule has 1 aliphatic carbocycles. The molecule has 4 heteroatoms. The van der Waals surface area contributed by atoms with Gasteiger partial charge in [0.15, 0.2) is 0 Å². The Hall–Kier alpha value is -0.01000. The van der Waals surface area contributed by atoms with Crippen LogP contribution >= 0.6 is 0 Å². The molecule has 0 saturated carbocycles. The molecular formula is C20H24Cl2SiZr. The van der Waals surface area contributed by atoms with Crippen LogP contribution in [-0.4, -0.2) is 8.07 Å². The molecule has 0 unspecified atom stereocenters. The first kappa shape index (κ1) is 24.0. The number of halogens is 2. The molecular weight excluding hydrogens is 430 g/mol. The third-order valence-corrected chi connectivity index (χ3v) is 10.5. The molecule has 2 aromatic carbocycles. The third-order valence-electron chi connectivity index (χ3n) is 4.88. The summed E-state index contributed by atoms with van der Waals surface area (Å²) in [4.78, 5) is 0. The monoisotopic (exact) mass is 452 g/mol. The van der Waals surface area contributed by atoms with Gasteiger partial charge in [-0.15, -0.1) is 40.6 Å². The van der Waals surface area contributed by atoms with Gasteiger partial charge in [0.05, 0.1) is 0 Å². The molecule has 4 rings (SSSR count). The van der Waals surface area contributed by atoms with Crippen LogP contribution in [0.4, 0.5) is 0 Å². The molecule has 0 spiro atoms. The fourth-order valence-electron chi connectivity index (χ4n) is 3.69. The van der Waals surface area contributed by atoms with Gasteiger partial charge in [-0.3, -0.25) is 6.08 Å². The van der Waals surface area contributed by atoms with Crippen LogP contribution in [0.15, 0.2) is 54.6 Å². The van der Waals surface area contributed by atoms with E-state index in [1.54, 1.807) is 10.6 Å². The molecule has 1 fully saturated rings. The van der Waals surface area contributed by atoms with Gasteiger partial charge < -0.3 is 24.8 Å². The van der Waals surface area contributed by atoms with Gasteiger partial charge in [0.25, 0.3) is 0 Å². The second kappa shape index (κ2) is 11.6. The van der Waals surface area contributed by atoms with Crippen LogP contribution in [0.3, 0.4) is 0 Å². The zero-order valence-electron chi connectivity index (χ0n) is 14.2. The van der Waals surface area contributed by atoms with Gasteiger partial charge >= 0.3 is 26.2 Å². The summed E-state index contributed by atoms with van der Waals surface area (Å²) in [5.41, 5.74) is 0. The van der Waals surface area contributed by atoms with Crippen LogP contribution in [0.1, 0.15) is 26.2 Å². The zero-order valence-corrected chi connectivity index (χ0v) is 19.2. The van der Waals surface area contributed by atoms with Gasteiger partial charge in [-0.1, -0.05) is 44.0 Å². The predicted octanol–water partition coefficient (Wildman–Crippen LogP) is -0.661. The van der Waals surface area contributed by atoms with E-state index >= 15 is 0 Å². The summed E-state index contributed by atoms with van der Waals surface area (Å²) in [6, 6.07) is 18.3. The van der Waals surface area contributed by atoms with E-state index in [9.17, 15) is 0 Å². The number of benzene rings is 1. The third kappa shape index (κ3) is 5.24. The summed E-state index contributed by atoms with van der Waals surface area (Å²) < 4.78 is 0. The van der Waals surface area contributed by atoms with Crippen LogP contribution < -0.4 is 30.0 Å². The van der Waals surface area contributed by atoms with Crippen molar-refractivity contribution in [2.75, 3.05) is 0 Å². The Balaban J connectivity index is 0.000000578. The van der Waals surface area contributed by atoms with E-state index in [1.807, 2.05) is 12.2 Å². The molecule has 2 aromatic rings. The second-order valence-corrected chi connectivity index (χ2v) is 10.8. The Labute approximate surface area is 179 Å². The first-order valence-electron chi connectivity index (χ1n) is 8.22. The topological polar surface area (TPSA) is 0 Å². The smallest absolute Gasteiger partial charge is 1.00 e. The number of fused-ring (bicyclic) bond motifs is 1. The van der Waals surface area contributed by atoms with Crippen molar-refractivity contribution < 1.29 is 51.0 Å². The molecule has 126 valence electrons. The summed E-state index contributed by atoms with van der Waals surface area (Å²) >= 11 is 0. The van der Waals surface area contributed by atoms with Crippen molar-refractivity contribution in [3.05, 3.63) is 60.7 Å². The minimum atomic E-state index is -1.03. The summed E-state index contributed by atoms with van der Waals surface area (Å²) in [7, 11) is -1.03. The van der Waals surface area contributed by atoms with Crippen molar-refractivity contribution in [2.45, 2.75) is 44.3 Å². The SMILES string of the molecule is CCC[Si]1([c-]2ccc3ccccc32)CCC1.[C-]1=CC=CC1.[Cl-].[Cl-].[Zr+4]. The molecule has 0 atom stereocenters. The van der Waals surface area contributed by atoms with Crippen molar-refractivity contribution in [1.29, 1.82) is 0 Å². The van der Waals surface area contributed by atoms with Crippen molar-refractivity contribution in [3.8, 4) is 0 Å². The Morgan fingerprint density at radius 3 is 2.38 bits per heavy atom. The van der Waals surface area contributed by atoms with Crippen molar-refractivity contribution in [1.82, 2.24) is 0 Å². The average molecular weight is 455 g/mol. The van der Waals surface area contributed by atoms with Crippen LogP contribution in [0, 0.1) is 6.08 Å². The Kier molecular flexibility index (Phi) is 11.6. The maximum atomic E-state index is 2.99. The first-order valence-corrected chi connectivity index (χ1v) is 10.8. The summed E-state index contributed by atoms with van der Waals surface area (Å²) in [5.74, 6) is 0. The summed E-state index contributed by atoms with van der Waals surface area (Å²) in [5, 5.41) is 4.77. The summed E-state index contributed by atoms with van der Waals surface area (Å²) in [6.45, 7) is 2.35. The molecule has 1 heterocycles. The molecule has 0 N–H and O–H groups in total. The fraction of sp³-hybridized carbons (Fsp3) is 0.350. The van der Waals surface area contributed by atoms with E-state index in [-0.39, 0.29) is 51.0 Å². The van der Waals surface area contributed by atoms with Gasteiger partial charge in [0.1, 0.15) is 0 Å². The van der Waals surface area contributed by atoms with Gasteiger partial charge in [0, 0.05) is 8.07 Å². The molecule has 0 bridgehead atoms. The fourth-order valence-corrected chi connectivity index (χ4v) is 8.40. The van der Waals surface area contributed by atoms with Crippen LogP contribution in [0.5, 0.6) is 0 Å². The van der Waals surface area contributed by atoms with Gasteiger partial charge in [-0.2, -0.15) is 18.2 Å². The van der Waals surface area contributed by atoms with Gasteiger partial charge in [-0.05, 0) is 0 Å². The Bertz CT molecular complexity index is 646. The molecule has 0 amide bonds. The number of rotatable bonds is 3. The second-order valence-electron chi connectivity index (χ2n) is 6.22. The van der Waals surface area contributed by atoms with E-state index in [0.29, 0.717) is 0 Å². The van der Waals surface area contributed by atoms with Crippen molar-refractivity contribution in [2.24, 2.45) is 0 Å². The quantitative estimate of drug-likeness (QED) is 0.427. The maximum absolute atomic E-state index is 2.99. The van der Waals surface area contributed by atoms with Gasteiger partial charge in [-0.25, -0.2) is 12.2 Å². The van der Waals surface area contributed by atoms with E-state index in [0.717, 1.165) is 6.42 Å². The molecule has 0 nitrogen and oxygen atoms in total. The first-order chi connectivity index (χ1) is 10.4.